The molecule has 3 fully saturated rings. The summed E-state index contributed by atoms with van der Waals surface area (Å²) < 4.78 is 37.9. The Morgan fingerprint density at radius 3 is 2.24 bits per heavy atom. The van der Waals surface area contributed by atoms with Gasteiger partial charge in [0.05, 0.1) is 25.4 Å². The van der Waals surface area contributed by atoms with Crippen LogP contribution in [-0.4, -0.2) is 51.2 Å². The third-order valence-electron chi connectivity index (χ3n) is 6.71. The number of rotatable bonds is 6. The molecular formula is C21H30N2O5S. The number of nitrogens with zero attached hydrogens (tertiary/aromatic N) is 1. The standard InChI is InChI=1S/C21H30N2O5S/c1-27-16-10-15(11-17(12-16)28-2)22-20(24)19-13-23(29(25,26)18-6-7-18)14-21(19)8-4-3-5-9-21/h10-12,18-19H,3-9,13-14H2,1-2H3,(H,22,24)/t19-/m0/s1. The Bertz CT molecular complexity index is 853. The van der Waals surface area contributed by atoms with Gasteiger partial charge in [0.25, 0.3) is 0 Å². The average molecular weight is 423 g/mol. The predicted octanol–water partition coefficient (Wildman–Crippen LogP) is 3.02. The molecule has 1 amide bonds. The van der Waals surface area contributed by atoms with Gasteiger partial charge >= 0.3 is 0 Å². The molecule has 1 aromatic carbocycles. The Labute approximate surface area is 172 Å². The lowest BCUT2D eigenvalue weighted by molar-refractivity contribution is -0.123. The first kappa shape index (κ1) is 20.5. The molecule has 3 aliphatic rings. The molecule has 29 heavy (non-hydrogen) atoms. The third kappa shape index (κ3) is 3.97. The van der Waals surface area contributed by atoms with Crippen molar-refractivity contribution in [2.45, 2.75) is 50.2 Å². The molecule has 4 rings (SSSR count). The lowest BCUT2D eigenvalue weighted by atomic mass is 9.67. The number of methoxy groups -OCH3 is 2. The smallest absolute Gasteiger partial charge is 0.229 e. The normalized spacial score (nSPS) is 24.4. The van der Waals surface area contributed by atoms with E-state index in [9.17, 15) is 13.2 Å². The van der Waals surface area contributed by atoms with E-state index in [1.807, 2.05) is 0 Å². The van der Waals surface area contributed by atoms with Crippen molar-refractivity contribution in [1.29, 1.82) is 0 Å². The molecule has 1 aliphatic heterocycles. The molecule has 0 unspecified atom stereocenters. The van der Waals surface area contributed by atoms with Crippen molar-refractivity contribution in [1.82, 2.24) is 4.31 Å². The van der Waals surface area contributed by atoms with Crippen LogP contribution in [0.1, 0.15) is 44.9 Å². The second-order valence-electron chi connectivity index (χ2n) is 8.60. The van der Waals surface area contributed by atoms with Gasteiger partial charge in [-0.3, -0.25) is 4.79 Å². The van der Waals surface area contributed by atoms with Gasteiger partial charge in [-0.15, -0.1) is 0 Å². The van der Waals surface area contributed by atoms with Crippen LogP contribution in [0.2, 0.25) is 0 Å². The quantitative estimate of drug-likeness (QED) is 0.762. The average Bonchev–Trinajstić information content (AvgIpc) is 3.52. The molecule has 1 heterocycles. The van der Waals surface area contributed by atoms with Crippen molar-refractivity contribution in [3.05, 3.63) is 18.2 Å². The number of benzene rings is 1. The highest BCUT2D eigenvalue weighted by atomic mass is 32.2. The van der Waals surface area contributed by atoms with Crippen LogP contribution in [0.3, 0.4) is 0 Å². The van der Waals surface area contributed by atoms with Crippen molar-refractivity contribution in [2.75, 3.05) is 32.6 Å². The van der Waals surface area contributed by atoms with Crippen LogP contribution in [0.4, 0.5) is 5.69 Å². The number of nitrogens with one attached hydrogen (secondary N) is 1. The van der Waals surface area contributed by atoms with Crippen molar-refractivity contribution in [2.24, 2.45) is 11.3 Å². The van der Waals surface area contributed by atoms with E-state index in [0.717, 1.165) is 44.9 Å². The molecule has 0 aromatic heterocycles. The van der Waals surface area contributed by atoms with Gasteiger partial charge in [-0.25, -0.2) is 12.7 Å². The first-order chi connectivity index (χ1) is 13.9. The van der Waals surface area contributed by atoms with Crippen molar-refractivity contribution >= 4 is 21.6 Å². The lowest BCUT2D eigenvalue weighted by Gasteiger charge is -2.37. The van der Waals surface area contributed by atoms with Crippen LogP contribution in [-0.2, 0) is 14.8 Å². The van der Waals surface area contributed by atoms with E-state index in [4.69, 9.17) is 9.47 Å². The Hall–Kier alpha value is -1.80. The van der Waals surface area contributed by atoms with Gasteiger partial charge in [-0.2, -0.15) is 0 Å². The van der Waals surface area contributed by atoms with E-state index in [2.05, 4.69) is 5.32 Å². The summed E-state index contributed by atoms with van der Waals surface area (Å²) in [6, 6.07) is 5.25. The maximum absolute atomic E-state index is 13.3. The second kappa shape index (κ2) is 7.80. The minimum Gasteiger partial charge on any atom is -0.497 e. The molecule has 1 N–H and O–H groups in total. The maximum atomic E-state index is 13.3. The minimum absolute atomic E-state index is 0.115. The largest absolute Gasteiger partial charge is 0.497 e. The van der Waals surface area contributed by atoms with Crippen LogP contribution in [0, 0.1) is 11.3 Å². The molecule has 1 spiro atoms. The highest BCUT2D eigenvalue weighted by Gasteiger charge is 2.55. The van der Waals surface area contributed by atoms with Crippen LogP contribution < -0.4 is 14.8 Å². The molecule has 7 nitrogen and oxygen atoms in total. The van der Waals surface area contributed by atoms with Gasteiger partial charge in [0.2, 0.25) is 15.9 Å². The topological polar surface area (TPSA) is 84.9 Å². The van der Waals surface area contributed by atoms with Crippen LogP contribution >= 0.6 is 0 Å². The summed E-state index contributed by atoms with van der Waals surface area (Å²) in [6.07, 6.45) is 6.55. The van der Waals surface area contributed by atoms with E-state index in [-0.39, 0.29) is 29.0 Å². The highest BCUT2D eigenvalue weighted by molar-refractivity contribution is 7.90. The van der Waals surface area contributed by atoms with Crippen molar-refractivity contribution in [3.63, 3.8) is 0 Å². The maximum Gasteiger partial charge on any atom is 0.229 e. The minimum atomic E-state index is -3.29. The summed E-state index contributed by atoms with van der Waals surface area (Å²) in [6.45, 7) is 0.761. The summed E-state index contributed by atoms with van der Waals surface area (Å²) in [4.78, 5) is 13.3. The highest BCUT2D eigenvalue weighted by Crippen LogP contribution is 2.50. The van der Waals surface area contributed by atoms with Gasteiger partial charge in [-0.05, 0) is 31.1 Å². The van der Waals surface area contributed by atoms with Crippen molar-refractivity contribution in [3.8, 4) is 11.5 Å². The number of carbonyl (C=O) groups is 1. The number of sulfonamides is 1. The first-order valence-corrected chi connectivity index (χ1v) is 11.9. The number of carbonyl (C=O) groups excluding carboxylic acids is 1. The fraction of sp³-hybridized carbons (Fsp3) is 0.667. The summed E-state index contributed by atoms with van der Waals surface area (Å²) >= 11 is 0. The third-order valence-corrected chi connectivity index (χ3v) is 9.02. The van der Waals surface area contributed by atoms with Crippen LogP contribution in [0.5, 0.6) is 11.5 Å². The van der Waals surface area contributed by atoms with E-state index < -0.39 is 10.0 Å². The first-order valence-electron chi connectivity index (χ1n) is 10.4. The summed E-state index contributed by atoms with van der Waals surface area (Å²) in [5, 5.41) is 2.76. The molecule has 8 heteroatoms. The van der Waals surface area contributed by atoms with E-state index >= 15 is 0 Å². The Morgan fingerprint density at radius 1 is 1.07 bits per heavy atom. The number of anilines is 1. The zero-order valence-corrected chi connectivity index (χ0v) is 18.0. The molecule has 2 aliphatic carbocycles. The number of amides is 1. The molecule has 0 bridgehead atoms. The van der Waals surface area contributed by atoms with Crippen molar-refractivity contribution < 1.29 is 22.7 Å². The molecule has 1 saturated heterocycles. The van der Waals surface area contributed by atoms with Gasteiger partial charge in [0, 0.05) is 37.0 Å². The SMILES string of the molecule is COc1cc(NC(=O)[C@@H]2CN(S(=O)(=O)C3CC3)CC23CCCCC3)cc(OC)c1. The fourth-order valence-corrected chi connectivity index (χ4v) is 6.87. The van der Waals surface area contributed by atoms with E-state index in [0.29, 0.717) is 23.7 Å². The number of hydrogen-bond acceptors (Lipinski definition) is 5. The van der Waals surface area contributed by atoms with Gasteiger partial charge < -0.3 is 14.8 Å². The zero-order chi connectivity index (χ0) is 20.6. The number of ether oxygens (including phenoxy) is 2. The molecule has 1 aromatic rings. The Morgan fingerprint density at radius 2 is 1.69 bits per heavy atom. The summed E-state index contributed by atoms with van der Waals surface area (Å²) in [7, 11) is -0.159. The molecule has 2 saturated carbocycles. The van der Waals surface area contributed by atoms with Gasteiger partial charge in [0.1, 0.15) is 11.5 Å². The predicted molar refractivity (Wildman–Crippen MR) is 111 cm³/mol. The lowest BCUT2D eigenvalue weighted by Crippen LogP contribution is -2.39. The zero-order valence-electron chi connectivity index (χ0n) is 17.1. The molecular weight excluding hydrogens is 392 g/mol. The van der Waals surface area contributed by atoms with Crippen LogP contribution in [0.15, 0.2) is 18.2 Å². The molecule has 160 valence electrons. The summed E-state index contributed by atoms with van der Waals surface area (Å²) in [5.74, 6) is 0.733. The molecule has 0 radical (unpaired) electrons. The van der Waals surface area contributed by atoms with E-state index in [1.54, 1.807) is 36.7 Å². The fourth-order valence-electron chi connectivity index (χ4n) is 4.93. The Balaban J connectivity index is 1.58. The second-order valence-corrected chi connectivity index (χ2v) is 10.8. The van der Waals surface area contributed by atoms with Crippen LogP contribution in [0.25, 0.3) is 0 Å². The van der Waals surface area contributed by atoms with E-state index in [1.165, 1.54) is 0 Å². The van der Waals surface area contributed by atoms with Gasteiger partial charge in [0.15, 0.2) is 0 Å². The summed E-state index contributed by atoms with van der Waals surface area (Å²) in [5.41, 5.74) is 0.341. The monoisotopic (exact) mass is 422 g/mol. The van der Waals surface area contributed by atoms with Gasteiger partial charge in [-0.1, -0.05) is 19.3 Å². The number of hydrogen-bond donors (Lipinski definition) is 1. The molecule has 1 atom stereocenters. The Kier molecular flexibility index (Phi) is 5.50.